The lowest BCUT2D eigenvalue weighted by atomic mass is 10.1. The first-order valence-electron chi connectivity index (χ1n) is 6.66. The van der Waals surface area contributed by atoms with Crippen LogP contribution in [-0.4, -0.2) is 24.6 Å². The normalized spacial score (nSPS) is 15.9. The molecule has 0 radical (unpaired) electrons. The number of anilines is 2. The molecular formula is C12H21N3O2S2. The van der Waals surface area contributed by atoms with Crippen LogP contribution in [0.2, 0.25) is 0 Å². The standard InChI is InChI=1S/C12H21N3O2S2/c1-8(2)4-3-7-14-12-10(11(13)15-18-12)19(16,17)9-5-6-9/h8-9,14H,3-7H2,1-2H3,(H2,13,15). The highest BCUT2D eigenvalue weighted by molar-refractivity contribution is 7.92. The zero-order valence-electron chi connectivity index (χ0n) is 11.3. The molecule has 0 aromatic carbocycles. The van der Waals surface area contributed by atoms with E-state index in [4.69, 9.17) is 5.73 Å². The topological polar surface area (TPSA) is 85.1 Å². The Hall–Kier alpha value is -0.820. The summed E-state index contributed by atoms with van der Waals surface area (Å²) >= 11 is 1.14. The van der Waals surface area contributed by atoms with Crippen molar-refractivity contribution in [2.45, 2.75) is 49.7 Å². The third-order valence-corrected chi connectivity index (χ3v) is 6.45. The van der Waals surface area contributed by atoms with Crippen LogP contribution in [0, 0.1) is 5.92 Å². The molecule has 0 saturated heterocycles. The Morgan fingerprint density at radius 2 is 2.16 bits per heavy atom. The number of nitrogens with zero attached hydrogens (tertiary/aromatic N) is 1. The molecular weight excluding hydrogens is 282 g/mol. The lowest BCUT2D eigenvalue weighted by Crippen LogP contribution is -2.12. The molecule has 0 aliphatic heterocycles. The summed E-state index contributed by atoms with van der Waals surface area (Å²) in [6, 6.07) is 0. The Morgan fingerprint density at radius 1 is 1.47 bits per heavy atom. The minimum atomic E-state index is -3.28. The molecule has 7 heteroatoms. The molecule has 1 heterocycles. The summed E-state index contributed by atoms with van der Waals surface area (Å²) in [5, 5.41) is 3.53. The van der Waals surface area contributed by atoms with E-state index in [1.54, 1.807) is 0 Å². The maximum Gasteiger partial charge on any atom is 0.187 e. The lowest BCUT2D eigenvalue weighted by Gasteiger charge is -2.08. The Balaban J connectivity index is 2.06. The van der Waals surface area contributed by atoms with E-state index < -0.39 is 9.84 Å². The fraction of sp³-hybridized carbons (Fsp3) is 0.750. The van der Waals surface area contributed by atoms with Crippen molar-refractivity contribution in [3.63, 3.8) is 0 Å². The molecule has 0 atom stereocenters. The van der Waals surface area contributed by atoms with E-state index in [1.807, 2.05) is 0 Å². The first-order valence-corrected chi connectivity index (χ1v) is 8.97. The number of rotatable bonds is 7. The van der Waals surface area contributed by atoms with Crippen LogP contribution in [0.4, 0.5) is 10.8 Å². The van der Waals surface area contributed by atoms with Gasteiger partial charge in [-0.3, -0.25) is 0 Å². The molecule has 1 aliphatic carbocycles. The van der Waals surface area contributed by atoms with Crippen molar-refractivity contribution in [1.82, 2.24) is 4.37 Å². The third-order valence-electron chi connectivity index (χ3n) is 3.17. The number of hydrogen-bond donors (Lipinski definition) is 2. The fourth-order valence-corrected chi connectivity index (χ4v) is 4.85. The van der Waals surface area contributed by atoms with Gasteiger partial charge in [-0.1, -0.05) is 13.8 Å². The highest BCUT2D eigenvalue weighted by Crippen LogP contribution is 2.40. The summed E-state index contributed by atoms with van der Waals surface area (Å²) in [4.78, 5) is 0.226. The number of aromatic nitrogens is 1. The van der Waals surface area contributed by atoms with Crippen LogP contribution in [0.3, 0.4) is 0 Å². The van der Waals surface area contributed by atoms with Crippen LogP contribution < -0.4 is 11.1 Å². The average molecular weight is 303 g/mol. The van der Waals surface area contributed by atoms with E-state index >= 15 is 0 Å². The van der Waals surface area contributed by atoms with E-state index in [-0.39, 0.29) is 16.0 Å². The number of sulfone groups is 1. The third kappa shape index (κ3) is 3.39. The van der Waals surface area contributed by atoms with E-state index in [9.17, 15) is 8.42 Å². The summed E-state index contributed by atoms with van der Waals surface area (Å²) in [7, 11) is -3.28. The van der Waals surface area contributed by atoms with Crippen molar-refractivity contribution in [3.8, 4) is 0 Å². The monoisotopic (exact) mass is 303 g/mol. The molecule has 0 amide bonds. The van der Waals surface area contributed by atoms with Gasteiger partial charge in [0.05, 0.1) is 5.25 Å². The Bertz CT molecular complexity index is 533. The molecule has 1 fully saturated rings. The average Bonchev–Trinajstić information content (AvgIpc) is 3.10. The number of nitrogens with one attached hydrogen (secondary N) is 1. The highest BCUT2D eigenvalue weighted by atomic mass is 32.2. The predicted octanol–water partition coefficient (Wildman–Crippen LogP) is 2.51. The van der Waals surface area contributed by atoms with Crippen LogP contribution in [0.1, 0.15) is 39.5 Å². The second kappa shape index (κ2) is 5.66. The van der Waals surface area contributed by atoms with Crippen LogP contribution in [-0.2, 0) is 9.84 Å². The van der Waals surface area contributed by atoms with E-state index in [0.717, 1.165) is 43.8 Å². The Morgan fingerprint density at radius 3 is 2.74 bits per heavy atom. The molecule has 3 N–H and O–H groups in total. The van der Waals surface area contributed by atoms with Crippen LogP contribution >= 0.6 is 11.5 Å². The zero-order chi connectivity index (χ0) is 14.0. The lowest BCUT2D eigenvalue weighted by molar-refractivity contribution is 0.567. The summed E-state index contributed by atoms with van der Waals surface area (Å²) in [5.41, 5.74) is 5.73. The zero-order valence-corrected chi connectivity index (χ0v) is 13.0. The predicted molar refractivity (Wildman–Crippen MR) is 79.3 cm³/mol. The fourth-order valence-electron chi connectivity index (χ4n) is 1.94. The maximum atomic E-state index is 12.3. The van der Waals surface area contributed by atoms with Gasteiger partial charge in [0.25, 0.3) is 0 Å². The molecule has 1 aromatic heterocycles. The minimum absolute atomic E-state index is 0.142. The van der Waals surface area contributed by atoms with Gasteiger partial charge in [-0.25, -0.2) is 8.42 Å². The molecule has 0 bridgehead atoms. The molecule has 0 unspecified atom stereocenters. The van der Waals surface area contributed by atoms with Crippen LogP contribution in [0.5, 0.6) is 0 Å². The van der Waals surface area contributed by atoms with E-state index in [0.29, 0.717) is 10.9 Å². The van der Waals surface area contributed by atoms with Crippen molar-refractivity contribution in [2.75, 3.05) is 17.6 Å². The van der Waals surface area contributed by atoms with Gasteiger partial charge in [-0.15, -0.1) is 0 Å². The van der Waals surface area contributed by atoms with Crippen molar-refractivity contribution >= 4 is 32.2 Å². The van der Waals surface area contributed by atoms with Gasteiger partial charge in [-0.05, 0) is 43.1 Å². The molecule has 2 rings (SSSR count). The number of nitrogens with two attached hydrogens (primary N) is 1. The Kier molecular flexibility index (Phi) is 4.35. The van der Waals surface area contributed by atoms with Crippen molar-refractivity contribution in [3.05, 3.63) is 0 Å². The smallest absolute Gasteiger partial charge is 0.187 e. The molecule has 0 spiro atoms. The summed E-state index contributed by atoms with van der Waals surface area (Å²) in [5.74, 6) is 0.797. The largest absolute Gasteiger partial charge is 0.382 e. The summed E-state index contributed by atoms with van der Waals surface area (Å²) in [6.07, 6.45) is 3.61. The van der Waals surface area contributed by atoms with Crippen LogP contribution in [0.25, 0.3) is 0 Å². The molecule has 19 heavy (non-hydrogen) atoms. The minimum Gasteiger partial charge on any atom is -0.382 e. The van der Waals surface area contributed by atoms with Crippen molar-refractivity contribution in [2.24, 2.45) is 5.92 Å². The van der Waals surface area contributed by atoms with Gasteiger partial charge in [0.2, 0.25) is 0 Å². The van der Waals surface area contributed by atoms with Crippen molar-refractivity contribution in [1.29, 1.82) is 0 Å². The molecule has 108 valence electrons. The molecule has 1 aliphatic rings. The van der Waals surface area contributed by atoms with E-state index in [1.165, 1.54) is 0 Å². The van der Waals surface area contributed by atoms with Gasteiger partial charge in [-0.2, -0.15) is 4.37 Å². The molecule has 1 saturated carbocycles. The highest BCUT2D eigenvalue weighted by Gasteiger charge is 2.40. The van der Waals surface area contributed by atoms with Gasteiger partial charge >= 0.3 is 0 Å². The van der Waals surface area contributed by atoms with E-state index in [2.05, 4.69) is 23.5 Å². The van der Waals surface area contributed by atoms with Crippen LogP contribution in [0.15, 0.2) is 4.90 Å². The van der Waals surface area contributed by atoms with Gasteiger partial charge < -0.3 is 11.1 Å². The molecule has 5 nitrogen and oxygen atoms in total. The number of nitrogen functional groups attached to an aromatic ring is 1. The maximum absolute atomic E-state index is 12.3. The second-order valence-corrected chi connectivity index (χ2v) is 8.37. The van der Waals surface area contributed by atoms with Gasteiger partial charge in [0.1, 0.15) is 9.90 Å². The quantitative estimate of drug-likeness (QED) is 0.756. The first-order chi connectivity index (χ1) is 8.93. The Labute approximate surface area is 118 Å². The first kappa shape index (κ1) is 14.6. The summed E-state index contributed by atoms with van der Waals surface area (Å²) < 4.78 is 28.6. The second-order valence-electron chi connectivity index (χ2n) is 5.43. The molecule has 1 aromatic rings. The SMILES string of the molecule is CC(C)CCCNc1snc(N)c1S(=O)(=O)C1CC1. The van der Waals surface area contributed by atoms with Crippen molar-refractivity contribution < 1.29 is 8.42 Å². The number of hydrogen-bond acceptors (Lipinski definition) is 6. The summed E-state index contributed by atoms with van der Waals surface area (Å²) in [6.45, 7) is 5.11. The van der Waals surface area contributed by atoms with Gasteiger partial charge in [0, 0.05) is 6.54 Å². The van der Waals surface area contributed by atoms with Gasteiger partial charge in [0.15, 0.2) is 15.7 Å².